The summed E-state index contributed by atoms with van der Waals surface area (Å²) in [5, 5.41) is 0. The highest BCUT2D eigenvalue weighted by Gasteiger charge is 2.35. The quantitative estimate of drug-likeness (QED) is 0.473. The van der Waals surface area contributed by atoms with E-state index in [4.69, 9.17) is 0 Å². The van der Waals surface area contributed by atoms with Crippen LogP contribution in [0.15, 0.2) is 11.6 Å². The molecule has 0 amide bonds. The molecule has 0 aromatic rings. The molecule has 0 aliphatic heterocycles. The van der Waals surface area contributed by atoms with E-state index in [2.05, 4.69) is 6.08 Å². The highest BCUT2D eigenvalue weighted by molar-refractivity contribution is 5.13. The molecule has 0 heterocycles. The van der Waals surface area contributed by atoms with Crippen molar-refractivity contribution in [3.63, 3.8) is 0 Å². The van der Waals surface area contributed by atoms with Crippen LogP contribution in [-0.2, 0) is 0 Å². The lowest BCUT2D eigenvalue weighted by atomic mass is 9.67. The lowest BCUT2D eigenvalue weighted by Crippen LogP contribution is -2.30. The number of hydrogen-bond acceptors (Lipinski definition) is 0. The van der Waals surface area contributed by atoms with Crippen LogP contribution in [0.1, 0.15) is 89.9 Å². The minimum atomic E-state index is -1.22. The Morgan fingerprint density at radius 3 is 1.88 bits per heavy atom. The third kappa shape index (κ3) is 4.14. The van der Waals surface area contributed by atoms with Crippen LogP contribution in [-0.4, -0.2) is 12.3 Å². The summed E-state index contributed by atoms with van der Waals surface area (Å²) in [5.74, 6) is 4.22. The fraction of sp³-hybridized carbons (Fsp3) is 0.913. The monoisotopic (exact) mass is 350 g/mol. The second kappa shape index (κ2) is 8.09. The second-order valence-corrected chi connectivity index (χ2v) is 9.57. The van der Waals surface area contributed by atoms with E-state index in [-0.39, 0.29) is 0 Å². The van der Waals surface area contributed by atoms with Gasteiger partial charge in [0.15, 0.2) is 0 Å². The number of alkyl halides is 2. The van der Waals surface area contributed by atoms with Gasteiger partial charge in [-0.25, -0.2) is 8.78 Å². The number of rotatable bonds is 3. The van der Waals surface area contributed by atoms with Gasteiger partial charge in [-0.1, -0.05) is 37.3 Å². The standard InChI is InChI=1S/C23H36F2/c24-22-14-13-21(15-23(22)25)20-11-9-19(10-12-20)18-7-5-17(6-8-18)16-3-1-2-4-16/h11,16-19,21-23H,1-10,12-15H2. The molecule has 4 unspecified atom stereocenters. The SMILES string of the molecule is FC1CCC(C2=CCC(C3CCC(C4CCCC4)CC3)CC2)CC1F. The first kappa shape index (κ1) is 18.0. The van der Waals surface area contributed by atoms with E-state index in [0.717, 1.165) is 36.5 Å². The van der Waals surface area contributed by atoms with Crippen LogP contribution in [0.5, 0.6) is 0 Å². The maximum atomic E-state index is 13.7. The number of halogens is 2. The van der Waals surface area contributed by atoms with Crippen LogP contribution in [0.25, 0.3) is 0 Å². The summed E-state index contributed by atoms with van der Waals surface area (Å²) in [6.07, 6.45) is 17.2. The highest BCUT2D eigenvalue weighted by Crippen LogP contribution is 2.46. The summed E-state index contributed by atoms with van der Waals surface area (Å²) in [4.78, 5) is 0. The summed E-state index contributed by atoms with van der Waals surface area (Å²) in [6, 6.07) is 0. The van der Waals surface area contributed by atoms with Gasteiger partial charge in [-0.05, 0) is 93.8 Å². The van der Waals surface area contributed by atoms with Gasteiger partial charge in [0.1, 0.15) is 12.3 Å². The maximum absolute atomic E-state index is 13.7. The molecule has 0 aromatic carbocycles. The molecule has 3 fully saturated rings. The molecule has 0 spiro atoms. The first-order chi connectivity index (χ1) is 12.2. The Kier molecular flexibility index (Phi) is 5.82. The average Bonchev–Trinajstić information content (AvgIpc) is 3.19. The molecular formula is C23H36F2. The van der Waals surface area contributed by atoms with Crippen LogP contribution in [0.4, 0.5) is 8.78 Å². The van der Waals surface area contributed by atoms with Gasteiger partial charge in [0.05, 0.1) is 0 Å². The van der Waals surface area contributed by atoms with Crippen molar-refractivity contribution >= 4 is 0 Å². The summed E-state index contributed by atoms with van der Waals surface area (Å²) in [6.45, 7) is 0. The molecule has 0 saturated heterocycles. The van der Waals surface area contributed by atoms with Gasteiger partial charge in [0.25, 0.3) is 0 Å². The van der Waals surface area contributed by atoms with E-state index in [1.54, 1.807) is 0 Å². The normalized spacial score (nSPS) is 43.8. The smallest absolute Gasteiger partial charge is 0.132 e. The fourth-order valence-corrected chi connectivity index (χ4v) is 6.61. The van der Waals surface area contributed by atoms with E-state index in [9.17, 15) is 8.78 Å². The summed E-state index contributed by atoms with van der Waals surface area (Å²) < 4.78 is 27.1. The van der Waals surface area contributed by atoms with Crippen LogP contribution >= 0.6 is 0 Å². The Balaban J connectivity index is 1.25. The molecule has 4 aliphatic carbocycles. The molecule has 4 aliphatic rings. The van der Waals surface area contributed by atoms with Crippen LogP contribution < -0.4 is 0 Å². The average molecular weight is 351 g/mol. The molecule has 0 bridgehead atoms. The fourth-order valence-electron chi connectivity index (χ4n) is 6.61. The molecule has 0 aromatic heterocycles. The molecule has 4 atom stereocenters. The van der Waals surface area contributed by atoms with Gasteiger partial charge in [-0.15, -0.1) is 0 Å². The van der Waals surface area contributed by atoms with Crippen molar-refractivity contribution in [1.82, 2.24) is 0 Å². The minimum absolute atomic E-state index is 0.334. The van der Waals surface area contributed by atoms with Gasteiger partial charge in [-0.3, -0.25) is 0 Å². The van der Waals surface area contributed by atoms with Crippen molar-refractivity contribution < 1.29 is 8.78 Å². The second-order valence-electron chi connectivity index (χ2n) is 9.57. The molecule has 2 heteroatoms. The molecule has 0 nitrogen and oxygen atoms in total. The van der Waals surface area contributed by atoms with Crippen molar-refractivity contribution in [2.24, 2.45) is 29.6 Å². The van der Waals surface area contributed by atoms with E-state index in [1.165, 1.54) is 69.8 Å². The third-order valence-corrected chi connectivity index (χ3v) is 8.25. The van der Waals surface area contributed by atoms with Crippen LogP contribution in [0.2, 0.25) is 0 Å². The van der Waals surface area contributed by atoms with Gasteiger partial charge in [0.2, 0.25) is 0 Å². The van der Waals surface area contributed by atoms with E-state index >= 15 is 0 Å². The summed E-state index contributed by atoms with van der Waals surface area (Å²) in [7, 11) is 0. The lowest BCUT2D eigenvalue weighted by Gasteiger charge is -2.38. The van der Waals surface area contributed by atoms with Gasteiger partial charge < -0.3 is 0 Å². The van der Waals surface area contributed by atoms with E-state index in [1.807, 2.05) is 0 Å². The number of allylic oxidation sites excluding steroid dienone is 2. The minimum Gasteiger partial charge on any atom is -0.244 e. The van der Waals surface area contributed by atoms with Gasteiger partial charge in [0, 0.05) is 0 Å². The van der Waals surface area contributed by atoms with E-state index < -0.39 is 12.3 Å². The maximum Gasteiger partial charge on any atom is 0.132 e. The van der Waals surface area contributed by atoms with Crippen LogP contribution in [0.3, 0.4) is 0 Å². The van der Waals surface area contributed by atoms with Crippen molar-refractivity contribution in [3.8, 4) is 0 Å². The third-order valence-electron chi connectivity index (χ3n) is 8.25. The van der Waals surface area contributed by atoms with E-state index in [0.29, 0.717) is 18.8 Å². The first-order valence-electron chi connectivity index (χ1n) is 11.2. The zero-order chi connectivity index (χ0) is 17.2. The van der Waals surface area contributed by atoms with Crippen molar-refractivity contribution in [2.45, 2.75) is 102 Å². The Bertz CT molecular complexity index is 457. The van der Waals surface area contributed by atoms with Crippen LogP contribution in [0, 0.1) is 29.6 Å². The Morgan fingerprint density at radius 1 is 0.640 bits per heavy atom. The van der Waals surface area contributed by atoms with Gasteiger partial charge in [-0.2, -0.15) is 0 Å². The van der Waals surface area contributed by atoms with Crippen molar-refractivity contribution in [2.75, 3.05) is 0 Å². The predicted octanol–water partition coefficient (Wildman–Crippen LogP) is 7.19. The largest absolute Gasteiger partial charge is 0.244 e. The lowest BCUT2D eigenvalue weighted by molar-refractivity contribution is 0.0961. The molecule has 142 valence electrons. The van der Waals surface area contributed by atoms with Crippen molar-refractivity contribution in [3.05, 3.63) is 11.6 Å². The topological polar surface area (TPSA) is 0 Å². The Hall–Kier alpha value is -0.400. The Morgan fingerprint density at radius 2 is 1.28 bits per heavy atom. The zero-order valence-electron chi connectivity index (χ0n) is 15.8. The summed E-state index contributed by atoms with van der Waals surface area (Å²) in [5.41, 5.74) is 1.46. The molecular weight excluding hydrogens is 314 g/mol. The zero-order valence-corrected chi connectivity index (χ0v) is 15.8. The summed E-state index contributed by atoms with van der Waals surface area (Å²) >= 11 is 0. The number of hydrogen-bond donors (Lipinski definition) is 0. The Labute approximate surface area is 152 Å². The molecule has 4 rings (SSSR count). The predicted molar refractivity (Wildman–Crippen MR) is 100.0 cm³/mol. The first-order valence-corrected chi connectivity index (χ1v) is 11.2. The van der Waals surface area contributed by atoms with Crippen molar-refractivity contribution in [1.29, 1.82) is 0 Å². The highest BCUT2D eigenvalue weighted by atomic mass is 19.2. The van der Waals surface area contributed by atoms with Gasteiger partial charge >= 0.3 is 0 Å². The molecule has 0 radical (unpaired) electrons. The molecule has 25 heavy (non-hydrogen) atoms. The molecule has 3 saturated carbocycles. The molecule has 0 N–H and O–H groups in total.